The number of nitrogens with one attached hydrogen (secondary N) is 1. The van der Waals surface area contributed by atoms with Gasteiger partial charge >= 0.3 is 5.97 Å². The molecule has 6 heteroatoms. The van der Waals surface area contributed by atoms with E-state index in [2.05, 4.69) is 15.3 Å². The highest BCUT2D eigenvalue weighted by molar-refractivity contribution is 5.70. The Morgan fingerprint density at radius 3 is 2.79 bits per heavy atom. The second kappa shape index (κ2) is 6.08. The van der Waals surface area contributed by atoms with Gasteiger partial charge in [0.15, 0.2) is 0 Å². The van der Waals surface area contributed by atoms with Crippen LogP contribution in [0.1, 0.15) is 31.4 Å². The molecule has 1 aromatic heterocycles. The average molecular weight is 265 g/mol. The Morgan fingerprint density at radius 1 is 1.47 bits per heavy atom. The molecule has 1 saturated carbocycles. The molecular weight excluding hydrogens is 246 g/mol. The first-order valence-electron chi connectivity index (χ1n) is 6.50. The Hall–Kier alpha value is -1.53. The van der Waals surface area contributed by atoms with Crippen LogP contribution in [-0.2, 0) is 11.3 Å². The van der Waals surface area contributed by atoms with E-state index in [0.29, 0.717) is 38.8 Å². The topological polar surface area (TPSA) is 95.3 Å². The summed E-state index contributed by atoms with van der Waals surface area (Å²) in [5.74, 6) is -1.06. The van der Waals surface area contributed by atoms with Gasteiger partial charge in [-0.15, -0.1) is 0 Å². The second-order valence-corrected chi connectivity index (χ2v) is 5.14. The minimum atomic E-state index is -0.793. The minimum Gasteiger partial charge on any atom is -0.481 e. The maximum absolute atomic E-state index is 10.9. The first-order chi connectivity index (χ1) is 9.09. The molecule has 0 unspecified atom stereocenters. The van der Waals surface area contributed by atoms with Crippen LogP contribution < -0.4 is 5.32 Å². The van der Waals surface area contributed by atoms with Crippen molar-refractivity contribution < 1.29 is 15.0 Å². The normalized spacial score (nSPS) is 27.1. The zero-order chi connectivity index (χ0) is 13.7. The molecule has 1 heterocycles. The monoisotopic (exact) mass is 265 g/mol. The van der Waals surface area contributed by atoms with E-state index in [9.17, 15) is 9.90 Å². The van der Waals surface area contributed by atoms with E-state index in [-0.39, 0.29) is 5.92 Å². The van der Waals surface area contributed by atoms with Crippen molar-refractivity contribution in [2.45, 2.75) is 37.8 Å². The summed E-state index contributed by atoms with van der Waals surface area (Å²) in [4.78, 5) is 18.8. The molecule has 1 fully saturated rings. The molecule has 1 aliphatic rings. The molecule has 1 aliphatic carbocycles. The van der Waals surface area contributed by atoms with E-state index in [1.807, 2.05) is 6.07 Å². The molecule has 6 nitrogen and oxygen atoms in total. The van der Waals surface area contributed by atoms with Crippen LogP contribution >= 0.6 is 0 Å². The molecule has 0 spiro atoms. The molecule has 0 bridgehead atoms. The lowest BCUT2D eigenvalue weighted by Crippen LogP contribution is -2.44. The zero-order valence-electron chi connectivity index (χ0n) is 10.7. The van der Waals surface area contributed by atoms with Gasteiger partial charge in [0.2, 0.25) is 0 Å². The van der Waals surface area contributed by atoms with Crippen molar-refractivity contribution in [2.24, 2.45) is 5.92 Å². The van der Waals surface area contributed by atoms with Crippen LogP contribution in [0.3, 0.4) is 0 Å². The smallest absolute Gasteiger partial charge is 0.306 e. The molecule has 1 aromatic rings. The summed E-state index contributed by atoms with van der Waals surface area (Å²) in [5, 5.41) is 22.5. The van der Waals surface area contributed by atoms with Gasteiger partial charge in [-0.25, -0.2) is 9.97 Å². The van der Waals surface area contributed by atoms with Crippen molar-refractivity contribution in [3.05, 3.63) is 24.3 Å². The van der Waals surface area contributed by atoms with Gasteiger partial charge < -0.3 is 15.5 Å². The van der Waals surface area contributed by atoms with Crippen LogP contribution in [0.2, 0.25) is 0 Å². The second-order valence-electron chi connectivity index (χ2n) is 5.14. The summed E-state index contributed by atoms with van der Waals surface area (Å²) in [6, 6.07) is 1.82. The Morgan fingerprint density at radius 2 is 2.21 bits per heavy atom. The zero-order valence-corrected chi connectivity index (χ0v) is 10.7. The molecule has 0 atom stereocenters. The van der Waals surface area contributed by atoms with Gasteiger partial charge in [0.25, 0.3) is 0 Å². The molecule has 3 N–H and O–H groups in total. The van der Waals surface area contributed by atoms with Gasteiger partial charge in [-0.2, -0.15) is 0 Å². The number of carboxylic acid groups (broad SMARTS) is 1. The van der Waals surface area contributed by atoms with Crippen LogP contribution in [0.25, 0.3) is 0 Å². The third kappa shape index (κ3) is 3.97. The molecular formula is C13H19N3O3. The number of hydrogen-bond acceptors (Lipinski definition) is 5. The number of carbonyl (C=O) groups is 1. The van der Waals surface area contributed by atoms with E-state index in [1.54, 1.807) is 6.20 Å². The number of hydrogen-bond donors (Lipinski definition) is 3. The Bertz CT molecular complexity index is 416. The van der Waals surface area contributed by atoms with Crippen molar-refractivity contribution in [1.82, 2.24) is 15.3 Å². The number of rotatable bonds is 5. The van der Waals surface area contributed by atoms with E-state index in [1.165, 1.54) is 6.33 Å². The van der Waals surface area contributed by atoms with Crippen molar-refractivity contribution in [1.29, 1.82) is 0 Å². The van der Waals surface area contributed by atoms with Gasteiger partial charge in [0.05, 0.1) is 17.2 Å². The van der Waals surface area contributed by atoms with Gasteiger partial charge in [0, 0.05) is 19.3 Å². The number of carboxylic acids is 1. The Balaban J connectivity index is 1.75. The molecule has 0 aromatic carbocycles. The van der Waals surface area contributed by atoms with Crippen LogP contribution in [-0.4, -0.2) is 38.3 Å². The lowest BCUT2D eigenvalue weighted by Gasteiger charge is -2.34. The summed E-state index contributed by atoms with van der Waals surface area (Å²) in [5.41, 5.74) is 0.0803. The summed E-state index contributed by atoms with van der Waals surface area (Å²) in [7, 11) is 0. The van der Waals surface area contributed by atoms with Crippen LogP contribution in [0.4, 0.5) is 0 Å². The maximum atomic E-state index is 10.9. The molecule has 0 amide bonds. The number of aliphatic hydroxyl groups is 1. The summed E-state index contributed by atoms with van der Waals surface area (Å²) in [6.45, 7) is 1.04. The first kappa shape index (κ1) is 13.9. The van der Waals surface area contributed by atoms with E-state index in [4.69, 9.17) is 5.11 Å². The fraction of sp³-hybridized carbons (Fsp3) is 0.615. The predicted octanol–water partition coefficient (Wildman–Crippen LogP) is 0.572. The van der Waals surface area contributed by atoms with Gasteiger partial charge in [-0.1, -0.05) is 0 Å². The fourth-order valence-corrected chi connectivity index (χ4v) is 2.42. The third-order valence-electron chi connectivity index (χ3n) is 3.67. The lowest BCUT2D eigenvalue weighted by atomic mass is 9.79. The van der Waals surface area contributed by atoms with Gasteiger partial charge in [-0.3, -0.25) is 4.79 Å². The van der Waals surface area contributed by atoms with Crippen LogP contribution in [0.15, 0.2) is 18.6 Å². The predicted molar refractivity (Wildman–Crippen MR) is 68.3 cm³/mol. The molecule has 2 rings (SSSR count). The summed E-state index contributed by atoms with van der Waals surface area (Å²) in [6.07, 6.45) is 5.31. The van der Waals surface area contributed by atoms with Crippen molar-refractivity contribution in [2.75, 3.05) is 6.54 Å². The number of aliphatic carboxylic acids is 1. The summed E-state index contributed by atoms with van der Waals surface area (Å²) < 4.78 is 0. The Labute approximate surface area is 111 Å². The van der Waals surface area contributed by atoms with Crippen LogP contribution in [0.5, 0.6) is 0 Å². The van der Waals surface area contributed by atoms with E-state index < -0.39 is 11.6 Å². The van der Waals surface area contributed by atoms with Crippen molar-refractivity contribution in [3.8, 4) is 0 Å². The van der Waals surface area contributed by atoms with Gasteiger partial charge in [-0.05, 0) is 31.7 Å². The Kier molecular flexibility index (Phi) is 4.44. The molecule has 19 heavy (non-hydrogen) atoms. The lowest BCUT2D eigenvalue weighted by molar-refractivity contribution is -0.144. The van der Waals surface area contributed by atoms with Gasteiger partial charge in [0.1, 0.15) is 6.33 Å². The number of aromatic nitrogens is 2. The highest BCUT2D eigenvalue weighted by Crippen LogP contribution is 2.31. The molecule has 0 radical (unpaired) electrons. The average Bonchev–Trinajstić information content (AvgIpc) is 2.40. The summed E-state index contributed by atoms with van der Waals surface area (Å²) >= 11 is 0. The SMILES string of the molecule is O=C(O)C1CCC(O)(CNCc2ccncn2)CC1. The highest BCUT2D eigenvalue weighted by Gasteiger charge is 2.35. The molecule has 0 aliphatic heterocycles. The molecule has 0 saturated heterocycles. The van der Waals surface area contributed by atoms with E-state index >= 15 is 0 Å². The standard InChI is InChI=1S/C13H19N3O3/c17-12(18)10-1-4-13(19,5-2-10)8-15-7-11-3-6-14-9-16-11/h3,6,9-10,15,19H,1-2,4-5,7-8H2,(H,17,18). The quantitative estimate of drug-likeness (QED) is 0.720. The maximum Gasteiger partial charge on any atom is 0.306 e. The highest BCUT2D eigenvalue weighted by atomic mass is 16.4. The van der Waals surface area contributed by atoms with Crippen LogP contribution in [0, 0.1) is 5.92 Å². The largest absolute Gasteiger partial charge is 0.481 e. The van der Waals surface area contributed by atoms with Crippen molar-refractivity contribution in [3.63, 3.8) is 0 Å². The van der Waals surface area contributed by atoms with E-state index in [0.717, 1.165) is 5.69 Å². The minimum absolute atomic E-state index is 0.304. The molecule has 104 valence electrons. The first-order valence-corrected chi connectivity index (χ1v) is 6.50. The van der Waals surface area contributed by atoms with Crippen molar-refractivity contribution >= 4 is 5.97 Å². The fourth-order valence-electron chi connectivity index (χ4n) is 2.42. The number of nitrogens with zero attached hydrogens (tertiary/aromatic N) is 2. The third-order valence-corrected chi connectivity index (χ3v) is 3.67.